The summed E-state index contributed by atoms with van der Waals surface area (Å²) in [7, 11) is 0. The molecule has 5 heteroatoms. The second-order valence-electron chi connectivity index (χ2n) is 6.12. The van der Waals surface area contributed by atoms with E-state index in [-0.39, 0.29) is 0 Å². The van der Waals surface area contributed by atoms with E-state index in [0.29, 0.717) is 12.0 Å². The number of benzene rings is 1. The van der Waals surface area contributed by atoms with Crippen molar-refractivity contribution in [1.82, 2.24) is 15.0 Å². The van der Waals surface area contributed by atoms with Crippen molar-refractivity contribution < 1.29 is 0 Å². The van der Waals surface area contributed by atoms with Gasteiger partial charge in [0, 0.05) is 24.0 Å². The largest absolute Gasteiger partial charge is 0.352 e. The highest BCUT2D eigenvalue weighted by Crippen LogP contribution is 2.23. The summed E-state index contributed by atoms with van der Waals surface area (Å²) >= 11 is 0. The van der Waals surface area contributed by atoms with Crippen molar-refractivity contribution in [3.05, 3.63) is 60.3 Å². The Morgan fingerprint density at radius 1 is 1.00 bits per heavy atom. The number of pyridine rings is 1. The zero-order valence-electron chi connectivity index (χ0n) is 14.8. The van der Waals surface area contributed by atoms with Crippen molar-refractivity contribution >= 4 is 17.5 Å². The molecule has 3 rings (SSSR count). The SMILES string of the molecule is CC[C@H](C)Nc1nc(Nc2ccc(C)cc2)cc(-c2ccccn2)n1. The molecule has 2 N–H and O–H groups in total. The molecule has 0 saturated heterocycles. The number of hydrogen-bond donors (Lipinski definition) is 2. The molecule has 1 aromatic carbocycles. The van der Waals surface area contributed by atoms with Crippen LogP contribution in [0.1, 0.15) is 25.8 Å². The summed E-state index contributed by atoms with van der Waals surface area (Å²) in [5, 5.41) is 6.70. The fraction of sp³-hybridized carbons (Fsp3) is 0.250. The van der Waals surface area contributed by atoms with E-state index < -0.39 is 0 Å². The van der Waals surface area contributed by atoms with Crippen LogP contribution in [0.25, 0.3) is 11.4 Å². The monoisotopic (exact) mass is 333 g/mol. The number of nitrogens with one attached hydrogen (secondary N) is 2. The van der Waals surface area contributed by atoms with Crippen LogP contribution in [0.4, 0.5) is 17.5 Å². The standard InChI is InChI=1S/C20H23N5/c1-4-15(3)22-20-24-18(17-7-5-6-12-21-17)13-19(25-20)23-16-10-8-14(2)9-11-16/h5-13,15H,4H2,1-3H3,(H2,22,23,24,25)/t15-/m0/s1. The molecule has 0 saturated carbocycles. The maximum Gasteiger partial charge on any atom is 0.225 e. The summed E-state index contributed by atoms with van der Waals surface area (Å²) in [6, 6.07) is 16.2. The minimum Gasteiger partial charge on any atom is -0.352 e. The molecule has 0 fully saturated rings. The van der Waals surface area contributed by atoms with Gasteiger partial charge in [-0.25, -0.2) is 4.98 Å². The third-order valence-electron chi connectivity index (χ3n) is 3.97. The van der Waals surface area contributed by atoms with Gasteiger partial charge < -0.3 is 10.6 Å². The van der Waals surface area contributed by atoms with Crippen molar-refractivity contribution in [2.45, 2.75) is 33.2 Å². The molecule has 2 aromatic heterocycles. The molecule has 0 spiro atoms. The van der Waals surface area contributed by atoms with E-state index in [1.54, 1.807) is 6.20 Å². The Morgan fingerprint density at radius 2 is 1.80 bits per heavy atom. The number of aromatic nitrogens is 3. The first-order valence-corrected chi connectivity index (χ1v) is 8.55. The Hall–Kier alpha value is -2.95. The second kappa shape index (κ2) is 7.75. The Labute approximate surface area is 148 Å². The predicted octanol–water partition coefficient (Wildman–Crippen LogP) is 4.80. The van der Waals surface area contributed by atoms with Crippen LogP contribution in [0.2, 0.25) is 0 Å². The van der Waals surface area contributed by atoms with E-state index in [0.717, 1.165) is 29.3 Å². The maximum atomic E-state index is 4.62. The summed E-state index contributed by atoms with van der Waals surface area (Å²) < 4.78 is 0. The summed E-state index contributed by atoms with van der Waals surface area (Å²) in [5.74, 6) is 1.34. The van der Waals surface area contributed by atoms with Gasteiger partial charge in [0.05, 0.1) is 11.4 Å². The Kier molecular flexibility index (Phi) is 5.23. The van der Waals surface area contributed by atoms with Gasteiger partial charge in [0.1, 0.15) is 5.82 Å². The van der Waals surface area contributed by atoms with Crippen LogP contribution < -0.4 is 10.6 Å². The molecule has 0 bridgehead atoms. The van der Waals surface area contributed by atoms with Gasteiger partial charge in [0.2, 0.25) is 5.95 Å². The number of anilines is 3. The van der Waals surface area contributed by atoms with Crippen LogP contribution in [-0.2, 0) is 0 Å². The van der Waals surface area contributed by atoms with Crippen LogP contribution >= 0.6 is 0 Å². The maximum absolute atomic E-state index is 4.62. The van der Waals surface area contributed by atoms with E-state index in [2.05, 4.69) is 58.5 Å². The van der Waals surface area contributed by atoms with Crippen LogP contribution in [0.3, 0.4) is 0 Å². The Balaban J connectivity index is 1.95. The van der Waals surface area contributed by atoms with Gasteiger partial charge in [-0.2, -0.15) is 4.98 Å². The van der Waals surface area contributed by atoms with E-state index in [4.69, 9.17) is 0 Å². The molecule has 25 heavy (non-hydrogen) atoms. The van der Waals surface area contributed by atoms with Crippen LogP contribution in [0, 0.1) is 6.92 Å². The topological polar surface area (TPSA) is 62.7 Å². The molecule has 128 valence electrons. The molecule has 0 aliphatic rings. The first kappa shape index (κ1) is 16.9. The first-order chi connectivity index (χ1) is 12.1. The van der Waals surface area contributed by atoms with E-state index >= 15 is 0 Å². The Morgan fingerprint density at radius 3 is 2.48 bits per heavy atom. The lowest BCUT2D eigenvalue weighted by molar-refractivity contribution is 0.753. The predicted molar refractivity (Wildman–Crippen MR) is 103 cm³/mol. The van der Waals surface area contributed by atoms with Crippen molar-refractivity contribution in [3.63, 3.8) is 0 Å². The summed E-state index contributed by atoms with van der Waals surface area (Å²) in [5.41, 5.74) is 3.83. The lowest BCUT2D eigenvalue weighted by Crippen LogP contribution is -2.16. The van der Waals surface area contributed by atoms with Crippen molar-refractivity contribution in [2.24, 2.45) is 0 Å². The van der Waals surface area contributed by atoms with Crippen LogP contribution in [-0.4, -0.2) is 21.0 Å². The minimum absolute atomic E-state index is 0.297. The number of hydrogen-bond acceptors (Lipinski definition) is 5. The molecular weight excluding hydrogens is 310 g/mol. The lowest BCUT2D eigenvalue weighted by atomic mass is 10.2. The van der Waals surface area contributed by atoms with Crippen molar-refractivity contribution in [2.75, 3.05) is 10.6 Å². The number of rotatable bonds is 6. The second-order valence-corrected chi connectivity index (χ2v) is 6.12. The van der Waals surface area contributed by atoms with Crippen LogP contribution in [0.15, 0.2) is 54.7 Å². The van der Waals surface area contributed by atoms with Gasteiger partial charge in [-0.1, -0.05) is 30.7 Å². The average molecular weight is 333 g/mol. The third kappa shape index (κ3) is 4.53. The first-order valence-electron chi connectivity index (χ1n) is 8.55. The molecule has 5 nitrogen and oxygen atoms in total. The normalized spacial score (nSPS) is 11.8. The zero-order chi connectivity index (χ0) is 17.6. The third-order valence-corrected chi connectivity index (χ3v) is 3.97. The zero-order valence-corrected chi connectivity index (χ0v) is 14.8. The Bertz CT molecular complexity index is 815. The number of nitrogens with zero attached hydrogens (tertiary/aromatic N) is 3. The molecular formula is C20H23N5. The summed E-state index contributed by atoms with van der Waals surface area (Å²) in [6.45, 7) is 6.32. The number of aryl methyl sites for hydroxylation is 1. The summed E-state index contributed by atoms with van der Waals surface area (Å²) in [4.78, 5) is 13.6. The molecule has 1 atom stereocenters. The smallest absolute Gasteiger partial charge is 0.225 e. The van der Waals surface area contributed by atoms with Gasteiger partial charge in [0.25, 0.3) is 0 Å². The van der Waals surface area contributed by atoms with Gasteiger partial charge in [-0.15, -0.1) is 0 Å². The fourth-order valence-electron chi connectivity index (χ4n) is 2.33. The lowest BCUT2D eigenvalue weighted by Gasteiger charge is -2.14. The highest BCUT2D eigenvalue weighted by atomic mass is 15.2. The molecule has 0 radical (unpaired) electrons. The van der Waals surface area contributed by atoms with E-state index in [1.165, 1.54) is 5.56 Å². The molecule has 0 aliphatic carbocycles. The van der Waals surface area contributed by atoms with Gasteiger partial charge >= 0.3 is 0 Å². The van der Waals surface area contributed by atoms with E-state index in [1.807, 2.05) is 36.4 Å². The van der Waals surface area contributed by atoms with Crippen molar-refractivity contribution in [1.29, 1.82) is 0 Å². The molecule has 0 aliphatic heterocycles. The fourth-order valence-corrected chi connectivity index (χ4v) is 2.33. The van der Waals surface area contributed by atoms with Gasteiger partial charge in [-0.3, -0.25) is 4.98 Å². The van der Waals surface area contributed by atoms with E-state index in [9.17, 15) is 0 Å². The minimum atomic E-state index is 0.297. The highest BCUT2D eigenvalue weighted by Gasteiger charge is 2.09. The summed E-state index contributed by atoms with van der Waals surface area (Å²) in [6.07, 6.45) is 2.77. The molecule has 0 unspecified atom stereocenters. The average Bonchev–Trinajstić information content (AvgIpc) is 2.64. The van der Waals surface area contributed by atoms with Gasteiger partial charge in [-0.05, 0) is 44.5 Å². The molecule has 3 aromatic rings. The van der Waals surface area contributed by atoms with Crippen LogP contribution in [0.5, 0.6) is 0 Å². The van der Waals surface area contributed by atoms with Crippen molar-refractivity contribution in [3.8, 4) is 11.4 Å². The molecule has 2 heterocycles. The van der Waals surface area contributed by atoms with Gasteiger partial charge in [0.15, 0.2) is 0 Å². The quantitative estimate of drug-likeness (QED) is 0.678. The molecule has 0 amide bonds. The highest BCUT2D eigenvalue weighted by molar-refractivity contribution is 5.65.